The molecular formula is C29H21BrCl2N2O7. The van der Waals surface area contributed by atoms with Gasteiger partial charge in [-0.2, -0.15) is 0 Å². The SMILES string of the molecule is O=C(OC[C@H]1O[C@@H](n2c(Br)nc(Cl)c2Cl)[C@H](OC(=O)c2ccccc2)[C@@H]1OC(=O)c1ccccc1)c1ccccc1. The highest BCUT2D eigenvalue weighted by Crippen LogP contribution is 2.40. The number of ether oxygens (including phenoxy) is 4. The lowest BCUT2D eigenvalue weighted by atomic mass is 10.1. The largest absolute Gasteiger partial charge is 0.459 e. The fourth-order valence-corrected chi connectivity index (χ4v) is 5.39. The Bertz CT molecular complexity index is 1540. The van der Waals surface area contributed by atoms with Gasteiger partial charge in [0, 0.05) is 0 Å². The first-order valence-corrected chi connectivity index (χ1v) is 13.9. The van der Waals surface area contributed by atoms with Gasteiger partial charge in [0.2, 0.25) is 0 Å². The molecule has 4 aromatic rings. The van der Waals surface area contributed by atoms with Crippen LogP contribution in [-0.2, 0) is 18.9 Å². The minimum Gasteiger partial charge on any atom is -0.459 e. The highest BCUT2D eigenvalue weighted by Gasteiger charge is 2.52. The van der Waals surface area contributed by atoms with E-state index in [0.29, 0.717) is 5.56 Å². The van der Waals surface area contributed by atoms with Crippen LogP contribution in [0.5, 0.6) is 0 Å². The number of halogens is 3. The lowest BCUT2D eigenvalue weighted by molar-refractivity contribution is -0.0628. The molecule has 4 atom stereocenters. The van der Waals surface area contributed by atoms with Crippen molar-refractivity contribution < 1.29 is 33.3 Å². The second kappa shape index (κ2) is 12.9. The molecule has 0 radical (unpaired) electrons. The van der Waals surface area contributed by atoms with E-state index in [0.717, 1.165) is 0 Å². The van der Waals surface area contributed by atoms with Crippen molar-refractivity contribution in [2.24, 2.45) is 0 Å². The summed E-state index contributed by atoms with van der Waals surface area (Å²) in [6, 6.07) is 24.9. The maximum Gasteiger partial charge on any atom is 0.338 e. The number of hydrogen-bond acceptors (Lipinski definition) is 8. The van der Waals surface area contributed by atoms with E-state index in [-0.39, 0.29) is 32.8 Å². The van der Waals surface area contributed by atoms with E-state index in [1.165, 1.54) is 4.57 Å². The highest BCUT2D eigenvalue weighted by atomic mass is 79.9. The van der Waals surface area contributed by atoms with Crippen LogP contribution < -0.4 is 0 Å². The van der Waals surface area contributed by atoms with E-state index in [9.17, 15) is 14.4 Å². The van der Waals surface area contributed by atoms with Crippen LogP contribution in [-0.4, -0.2) is 52.4 Å². The van der Waals surface area contributed by atoms with Crippen molar-refractivity contribution in [1.82, 2.24) is 9.55 Å². The number of benzene rings is 3. The van der Waals surface area contributed by atoms with Crippen molar-refractivity contribution in [2.45, 2.75) is 24.5 Å². The van der Waals surface area contributed by atoms with Gasteiger partial charge in [-0.3, -0.25) is 4.57 Å². The minimum atomic E-state index is -1.25. The van der Waals surface area contributed by atoms with Crippen LogP contribution in [0.4, 0.5) is 0 Å². The third-order valence-electron chi connectivity index (χ3n) is 6.20. The molecule has 1 saturated heterocycles. The fourth-order valence-electron chi connectivity index (χ4n) is 4.24. The van der Waals surface area contributed by atoms with Gasteiger partial charge >= 0.3 is 17.9 Å². The molecule has 1 aliphatic heterocycles. The molecule has 1 aliphatic rings. The third-order valence-corrected chi connectivity index (χ3v) is 7.49. The molecule has 3 aromatic carbocycles. The first-order chi connectivity index (χ1) is 19.8. The Morgan fingerprint density at radius 2 is 1.22 bits per heavy atom. The molecule has 0 spiro atoms. The Morgan fingerprint density at radius 3 is 1.68 bits per heavy atom. The van der Waals surface area contributed by atoms with Crippen LogP contribution in [0.25, 0.3) is 0 Å². The van der Waals surface area contributed by atoms with E-state index in [1.807, 2.05) is 0 Å². The van der Waals surface area contributed by atoms with E-state index in [2.05, 4.69) is 20.9 Å². The predicted molar refractivity (Wildman–Crippen MR) is 152 cm³/mol. The molecule has 2 heterocycles. The van der Waals surface area contributed by atoms with E-state index in [4.69, 9.17) is 42.1 Å². The van der Waals surface area contributed by atoms with Gasteiger partial charge in [-0.05, 0) is 52.3 Å². The number of hydrogen-bond donors (Lipinski definition) is 0. The van der Waals surface area contributed by atoms with Crippen molar-refractivity contribution in [2.75, 3.05) is 6.61 Å². The van der Waals surface area contributed by atoms with Gasteiger partial charge in [-0.15, -0.1) is 0 Å². The van der Waals surface area contributed by atoms with Crippen LogP contribution in [0.2, 0.25) is 10.3 Å². The Kier molecular flexibility index (Phi) is 9.04. The van der Waals surface area contributed by atoms with Crippen LogP contribution >= 0.6 is 39.1 Å². The van der Waals surface area contributed by atoms with Crippen molar-refractivity contribution in [3.05, 3.63) is 123 Å². The topological polar surface area (TPSA) is 106 Å². The monoisotopic (exact) mass is 658 g/mol. The minimum absolute atomic E-state index is 0.0145. The highest BCUT2D eigenvalue weighted by molar-refractivity contribution is 9.10. The molecule has 210 valence electrons. The predicted octanol–water partition coefficient (Wildman–Crippen LogP) is 6.16. The summed E-state index contributed by atoms with van der Waals surface area (Å²) in [4.78, 5) is 43.2. The number of carbonyl (C=O) groups excluding carboxylic acids is 3. The van der Waals surface area contributed by atoms with Gasteiger partial charge in [-0.1, -0.05) is 77.8 Å². The zero-order valence-corrected chi connectivity index (χ0v) is 24.2. The summed E-state index contributed by atoms with van der Waals surface area (Å²) < 4.78 is 25.1. The molecule has 1 fully saturated rings. The molecule has 9 nitrogen and oxygen atoms in total. The van der Waals surface area contributed by atoms with Gasteiger partial charge in [-0.25, -0.2) is 19.4 Å². The molecule has 12 heteroatoms. The summed E-state index contributed by atoms with van der Waals surface area (Å²) in [7, 11) is 0. The van der Waals surface area contributed by atoms with Gasteiger partial charge in [0.1, 0.15) is 12.7 Å². The van der Waals surface area contributed by atoms with Crippen LogP contribution in [0, 0.1) is 0 Å². The standard InChI is InChI=1S/C29H21BrCl2N2O7/c30-29-33-23(31)24(32)34(29)25-22(41-28(37)19-14-8-3-9-15-19)21(40-27(36)18-12-6-2-7-13-18)20(39-25)16-38-26(35)17-10-4-1-5-11-17/h1-15,20-22,25H,16H2/t20-,21-,22-,25-/m1/s1. The molecule has 41 heavy (non-hydrogen) atoms. The molecule has 0 aliphatic carbocycles. The van der Waals surface area contributed by atoms with Crippen LogP contribution in [0.1, 0.15) is 37.3 Å². The van der Waals surface area contributed by atoms with Gasteiger partial charge in [0.15, 0.2) is 33.5 Å². The number of imidazole rings is 1. The fraction of sp³-hybridized carbons (Fsp3) is 0.172. The van der Waals surface area contributed by atoms with Crippen molar-refractivity contribution in [3.63, 3.8) is 0 Å². The zero-order chi connectivity index (χ0) is 28.9. The molecule has 0 unspecified atom stereocenters. The quantitative estimate of drug-likeness (QED) is 0.164. The number of esters is 3. The zero-order valence-electron chi connectivity index (χ0n) is 21.1. The molecule has 0 N–H and O–H groups in total. The summed E-state index contributed by atoms with van der Waals surface area (Å²) in [6.45, 7) is -0.339. The van der Waals surface area contributed by atoms with Crippen LogP contribution in [0.3, 0.4) is 0 Å². The summed E-state index contributed by atoms with van der Waals surface area (Å²) in [5.41, 5.74) is 0.834. The normalized spacial score (nSPS) is 19.9. The average Bonchev–Trinajstić information content (AvgIpc) is 3.45. The second-order valence-electron chi connectivity index (χ2n) is 8.83. The summed E-state index contributed by atoms with van der Waals surface area (Å²) in [5, 5.41) is -0.0496. The Hall–Kier alpha value is -3.70. The lowest BCUT2D eigenvalue weighted by Gasteiger charge is -2.25. The van der Waals surface area contributed by atoms with Crippen LogP contribution in [0.15, 0.2) is 95.7 Å². The molecule has 1 aromatic heterocycles. The maximum absolute atomic E-state index is 13.2. The van der Waals surface area contributed by atoms with Crippen molar-refractivity contribution >= 4 is 57.0 Å². The summed E-state index contributed by atoms with van der Waals surface area (Å²) in [5.74, 6) is -2.02. The summed E-state index contributed by atoms with van der Waals surface area (Å²) in [6.07, 6.45) is -4.72. The number of aromatic nitrogens is 2. The molecule has 0 bridgehead atoms. The third kappa shape index (κ3) is 6.46. The molecule has 0 amide bonds. The van der Waals surface area contributed by atoms with E-state index >= 15 is 0 Å². The first kappa shape index (κ1) is 28.8. The molecular weight excluding hydrogens is 639 g/mol. The smallest absolute Gasteiger partial charge is 0.338 e. The van der Waals surface area contributed by atoms with Gasteiger partial charge in [0.05, 0.1) is 16.7 Å². The Balaban J connectivity index is 1.50. The summed E-state index contributed by atoms with van der Waals surface area (Å²) >= 11 is 15.9. The number of nitrogens with zero attached hydrogens (tertiary/aromatic N) is 2. The van der Waals surface area contributed by atoms with E-state index < -0.39 is 42.4 Å². The average molecular weight is 660 g/mol. The van der Waals surface area contributed by atoms with E-state index in [1.54, 1.807) is 91.0 Å². The molecule has 0 saturated carbocycles. The Morgan fingerprint density at radius 1 is 0.756 bits per heavy atom. The first-order valence-electron chi connectivity index (χ1n) is 12.3. The number of rotatable bonds is 8. The Labute approximate surface area is 253 Å². The van der Waals surface area contributed by atoms with Gasteiger partial charge < -0.3 is 18.9 Å². The van der Waals surface area contributed by atoms with Crippen molar-refractivity contribution in [1.29, 1.82) is 0 Å². The van der Waals surface area contributed by atoms with Crippen molar-refractivity contribution in [3.8, 4) is 0 Å². The van der Waals surface area contributed by atoms with Gasteiger partial charge in [0.25, 0.3) is 0 Å². The second-order valence-corrected chi connectivity index (χ2v) is 10.3. The maximum atomic E-state index is 13.2. The number of carbonyl (C=O) groups is 3. The lowest BCUT2D eigenvalue weighted by Crippen LogP contribution is -2.41. The molecule has 5 rings (SSSR count).